The fourth-order valence-electron chi connectivity index (χ4n) is 5.17. The molecule has 2 atom stereocenters. The van der Waals surface area contributed by atoms with Gasteiger partial charge in [0.05, 0.1) is 23.5 Å². The normalized spacial score (nSPS) is 19.9. The second-order valence-electron chi connectivity index (χ2n) is 9.18. The van der Waals surface area contributed by atoms with E-state index in [9.17, 15) is 9.59 Å². The minimum atomic E-state index is -0.124. The number of fused-ring (bicyclic) bond motifs is 1. The number of hydrogen-bond acceptors (Lipinski definition) is 3. The van der Waals surface area contributed by atoms with Gasteiger partial charge < -0.3 is 15.1 Å². The van der Waals surface area contributed by atoms with Crippen molar-refractivity contribution in [2.75, 3.05) is 18.4 Å². The number of para-hydroxylation sites is 2. The monoisotopic (exact) mass is 443 g/mol. The van der Waals surface area contributed by atoms with Crippen LogP contribution in [0.3, 0.4) is 0 Å². The van der Waals surface area contributed by atoms with Crippen molar-refractivity contribution in [2.24, 2.45) is 5.92 Å². The van der Waals surface area contributed by atoms with Gasteiger partial charge in [-0.25, -0.2) is 9.48 Å². The van der Waals surface area contributed by atoms with Crippen molar-refractivity contribution in [3.8, 4) is 5.69 Å². The van der Waals surface area contributed by atoms with Crippen LogP contribution in [0.2, 0.25) is 0 Å². The Hall–Kier alpha value is -3.61. The average molecular weight is 444 g/mol. The van der Waals surface area contributed by atoms with E-state index in [1.165, 1.54) is 0 Å². The Balaban J connectivity index is 1.41. The fraction of sp³-hybridized carbons (Fsp3) is 0.346. The molecule has 1 saturated heterocycles. The molecule has 3 heterocycles. The number of rotatable bonds is 4. The molecule has 170 valence electrons. The SMILES string of the molecule is Cc1nn(-c2ccccc2)c2c1C(C(C)C)N(C1CCN(C(=O)Nc3ccccc3)C1)C2=O. The van der Waals surface area contributed by atoms with Crippen molar-refractivity contribution in [3.63, 3.8) is 0 Å². The van der Waals surface area contributed by atoms with E-state index < -0.39 is 0 Å². The molecule has 0 aliphatic carbocycles. The molecule has 0 bridgehead atoms. The molecule has 0 saturated carbocycles. The number of likely N-dealkylation sites (tertiary alicyclic amines) is 1. The zero-order valence-corrected chi connectivity index (χ0v) is 19.2. The predicted octanol–water partition coefficient (Wildman–Crippen LogP) is 4.64. The van der Waals surface area contributed by atoms with Crippen LogP contribution in [0.1, 0.15) is 48.1 Å². The Labute approximate surface area is 194 Å². The molecular formula is C26H29N5O2. The van der Waals surface area contributed by atoms with Crippen LogP contribution in [-0.4, -0.2) is 50.6 Å². The second kappa shape index (κ2) is 8.39. The summed E-state index contributed by atoms with van der Waals surface area (Å²) in [6, 6.07) is 19.1. The Morgan fingerprint density at radius 1 is 1.06 bits per heavy atom. The number of carbonyl (C=O) groups excluding carboxylic acids is 2. The van der Waals surface area contributed by atoms with E-state index >= 15 is 0 Å². The van der Waals surface area contributed by atoms with Gasteiger partial charge in [0.1, 0.15) is 5.69 Å². The van der Waals surface area contributed by atoms with Crippen LogP contribution in [0.25, 0.3) is 5.69 Å². The number of nitrogens with zero attached hydrogens (tertiary/aromatic N) is 4. The summed E-state index contributed by atoms with van der Waals surface area (Å²) < 4.78 is 1.79. The molecule has 2 aliphatic heterocycles. The smallest absolute Gasteiger partial charge is 0.321 e. The molecule has 33 heavy (non-hydrogen) atoms. The highest BCUT2D eigenvalue weighted by atomic mass is 16.2. The number of amides is 3. The minimum absolute atomic E-state index is 0.00321. The number of aryl methyl sites for hydroxylation is 1. The molecule has 3 amide bonds. The Morgan fingerprint density at radius 3 is 2.39 bits per heavy atom. The lowest BCUT2D eigenvalue weighted by atomic mass is 9.95. The van der Waals surface area contributed by atoms with Gasteiger partial charge in [-0.2, -0.15) is 5.10 Å². The average Bonchev–Trinajstić information content (AvgIpc) is 3.50. The molecule has 2 unspecified atom stereocenters. The van der Waals surface area contributed by atoms with Crippen LogP contribution >= 0.6 is 0 Å². The van der Waals surface area contributed by atoms with Crippen LogP contribution in [0.5, 0.6) is 0 Å². The molecule has 1 aromatic heterocycles. The van der Waals surface area contributed by atoms with E-state index in [2.05, 4.69) is 19.2 Å². The lowest BCUT2D eigenvalue weighted by Gasteiger charge is -2.33. The lowest BCUT2D eigenvalue weighted by Crippen LogP contribution is -2.43. The van der Waals surface area contributed by atoms with Crippen molar-refractivity contribution in [1.82, 2.24) is 19.6 Å². The third-order valence-electron chi connectivity index (χ3n) is 6.64. The first kappa shape index (κ1) is 21.2. The van der Waals surface area contributed by atoms with Crippen LogP contribution in [-0.2, 0) is 0 Å². The summed E-state index contributed by atoms with van der Waals surface area (Å²) in [4.78, 5) is 30.5. The highest BCUT2D eigenvalue weighted by Crippen LogP contribution is 2.43. The molecule has 7 heteroatoms. The highest BCUT2D eigenvalue weighted by molar-refractivity contribution is 5.99. The second-order valence-corrected chi connectivity index (χ2v) is 9.18. The third-order valence-corrected chi connectivity index (χ3v) is 6.64. The summed E-state index contributed by atoms with van der Waals surface area (Å²) in [6.45, 7) is 7.43. The lowest BCUT2D eigenvalue weighted by molar-refractivity contribution is 0.0569. The summed E-state index contributed by atoms with van der Waals surface area (Å²) in [6.07, 6.45) is 0.763. The maximum Gasteiger partial charge on any atom is 0.321 e. The minimum Gasteiger partial charge on any atom is -0.325 e. The standard InChI is InChI=1S/C26H29N5O2/c1-17(2)23-22-18(3)28-31(20-12-8-5-9-13-20)24(22)25(32)30(23)21-14-15-29(16-21)26(33)27-19-10-6-4-7-11-19/h4-13,17,21,23H,14-16H2,1-3H3,(H,27,33). The summed E-state index contributed by atoms with van der Waals surface area (Å²) in [5.41, 5.74) is 4.22. The van der Waals surface area contributed by atoms with Crippen LogP contribution in [0.4, 0.5) is 10.5 Å². The molecule has 0 radical (unpaired) electrons. The number of benzene rings is 2. The molecule has 1 fully saturated rings. The Bertz CT molecular complexity index is 1170. The van der Waals surface area contributed by atoms with Crippen LogP contribution < -0.4 is 5.32 Å². The van der Waals surface area contributed by atoms with Gasteiger partial charge in [-0.1, -0.05) is 50.2 Å². The van der Waals surface area contributed by atoms with Gasteiger partial charge in [-0.05, 0) is 43.5 Å². The largest absolute Gasteiger partial charge is 0.325 e. The number of hydrogen-bond donors (Lipinski definition) is 1. The first-order valence-electron chi connectivity index (χ1n) is 11.5. The van der Waals surface area contributed by atoms with Crippen molar-refractivity contribution >= 4 is 17.6 Å². The van der Waals surface area contributed by atoms with E-state index in [4.69, 9.17) is 5.10 Å². The van der Waals surface area contributed by atoms with Crippen molar-refractivity contribution in [2.45, 2.75) is 39.3 Å². The van der Waals surface area contributed by atoms with E-state index in [1.54, 1.807) is 4.68 Å². The van der Waals surface area contributed by atoms with Crippen molar-refractivity contribution in [1.29, 1.82) is 0 Å². The van der Waals surface area contributed by atoms with Gasteiger partial charge in [0.25, 0.3) is 5.91 Å². The zero-order chi connectivity index (χ0) is 23.1. The highest BCUT2D eigenvalue weighted by Gasteiger charge is 2.48. The number of anilines is 1. The van der Waals surface area contributed by atoms with Gasteiger partial charge in [0.15, 0.2) is 0 Å². The van der Waals surface area contributed by atoms with Crippen LogP contribution in [0.15, 0.2) is 60.7 Å². The number of urea groups is 1. The first-order chi connectivity index (χ1) is 16.0. The van der Waals surface area contributed by atoms with E-state index in [0.29, 0.717) is 18.8 Å². The summed E-state index contributed by atoms with van der Waals surface area (Å²) in [5, 5.41) is 7.69. The van der Waals surface area contributed by atoms with E-state index in [-0.39, 0.29) is 29.9 Å². The molecule has 0 spiro atoms. The number of carbonyl (C=O) groups is 2. The van der Waals surface area contributed by atoms with Gasteiger partial charge in [0, 0.05) is 24.3 Å². The molecule has 1 N–H and O–H groups in total. The molecule has 7 nitrogen and oxygen atoms in total. The molecule has 2 aliphatic rings. The van der Waals surface area contributed by atoms with E-state index in [0.717, 1.165) is 29.1 Å². The third kappa shape index (κ3) is 3.67. The van der Waals surface area contributed by atoms with E-state index in [1.807, 2.05) is 77.4 Å². The quantitative estimate of drug-likeness (QED) is 0.639. The zero-order valence-electron chi connectivity index (χ0n) is 19.2. The van der Waals surface area contributed by atoms with Crippen LogP contribution in [0, 0.1) is 12.8 Å². The van der Waals surface area contributed by atoms with Crippen molar-refractivity contribution in [3.05, 3.63) is 77.6 Å². The molecule has 5 rings (SSSR count). The Kier molecular flexibility index (Phi) is 5.40. The van der Waals surface area contributed by atoms with Gasteiger partial charge in [-0.3, -0.25) is 4.79 Å². The molecule has 3 aromatic rings. The number of aromatic nitrogens is 2. The van der Waals surface area contributed by atoms with Gasteiger partial charge >= 0.3 is 6.03 Å². The maximum absolute atomic E-state index is 13.8. The molecular weight excluding hydrogens is 414 g/mol. The first-order valence-corrected chi connectivity index (χ1v) is 11.5. The summed E-state index contributed by atoms with van der Waals surface area (Å²) in [5.74, 6) is 0.234. The molecule has 2 aromatic carbocycles. The fourth-order valence-corrected chi connectivity index (χ4v) is 5.17. The van der Waals surface area contributed by atoms with Crippen molar-refractivity contribution < 1.29 is 9.59 Å². The number of nitrogens with one attached hydrogen (secondary N) is 1. The maximum atomic E-state index is 13.8. The van der Waals surface area contributed by atoms with Gasteiger partial charge in [0.2, 0.25) is 0 Å². The Morgan fingerprint density at radius 2 is 1.73 bits per heavy atom. The summed E-state index contributed by atoms with van der Waals surface area (Å²) >= 11 is 0. The summed E-state index contributed by atoms with van der Waals surface area (Å²) in [7, 11) is 0. The topological polar surface area (TPSA) is 70.5 Å². The van der Waals surface area contributed by atoms with Gasteiger partial charge in [-0.15, -0.1) is 0 Å². The predicted molar refractivity (Wildman–Crippen MR) is 127 cm³/mol.